The Kier molecular flexibility index (Phi) is 4.38. The molecule has 134 valence electrons. The van der Waals surface area contributed by atoms with Crippen LogP contribution in [0.5, 0.6) is 0 Å². The molecule has 1 saturated heterocycles. The molecule has 1 atom stereocenters. The van der Waals surface area contributed by atoms with Gasteiger partial charge in [0, 0.05) is 42.8 Å². The average molecular weight is 354 g/mol. The number of aryl methyl sites for hydroxylation is 1. The maximum Gasteiger partial charge on any atom is 0.256 e. The van der Waals surface area contributed by atoms with E-state index in [-0.39, 0.29) is 22.9 Å². The lowest BCUT2D eigenvalue weighted by Gasteiger charge is -2.19. The summed E-state index contributed by atoms with van der Waals surface area (Å²) in [6, 6.07) is 8.14. The number of carbonyl (C=O) groups is 1. The maximum atomic E-state index is 14.2. The van der Waals surface area contributed by atoms with E-state index < -0.39 is 5.82 Å². The third kappa shape index (κ3) is 3.17. The highest BCUT2D eigenvalue weighted by Crippen LogP contribution is 2.26. The molecule has 0 bridgehead atoms. The summed E-state index contributed by atoms with van der Waals surface area (Å²) in [6.45, 7) is 1.43. The molecular weight excluding hydrogens is 335 g/mol. The van der Waals surface area contributed by atoms with Gasteiger partial charge in [0.15, 0.2) is 0 Å². The molecule has 1 aromatic carbocycles. The number of aromatic nitrogens is 3. The number of nitrogens with one attached hydrogen (secondary N) is 1. The van der Waals surface area contributed by atoms with Crippen molar-refractivity contribution in [2.75, 3.05) is 18.5 Å². The Morgan fingerprint density at radius 1 is 1.38 bits per heavy atom. The second kappa shape index (κ2) is 6.84. The number of carbonyl (C=O) groups excluding carboxylic acids is 1. The van der Waals surface area contributed by atoms with Crippen molar-refractivity contribution in [1.29, 1.82) is 0 Å². The van der Waals surface area contributed by atoms with Crippen LogP contribution in [-0.4, -0.2) is 33.9 Å². The van der Waals surface area contributed by atoms with Crippen LogP contribution in [0.2, 0.25) is 0 Å². The number of pyridine rings is 1. The summed E-state index contributed by atoms with van der Waals surface area (Å²) in [5.41, 5.74) is 1.40. The van der Waals surface area contributed by atoms with Crippen LogP contribution in [0, 0.1) is 5.82 Å². The lowest BCUT2D eigenvalue weighted by atomic mass is 9.99. The second-order valence-electron chi connectivity index (χ2n) is 6.48. The SMILES string of the molecule is Cn1nc(C2CCCOC2)cc1NC(=O)c1cc(F)c2ncccc2c1. The number of anilines is 1. The van der Waals surface area contributed by atoms with Gasteiger partial charge in [0.25, 0.3) is 5.91 Å². The van der Waals surface area contributed by atoms with Crippen molar-refractivity contribution in [3.8, 4) is 0 Å². The van der Waals surface area contributed by atoms with E-state index >= 15 is 0 Å². The first-order valence-electron chi connectivity index (χ1n) is 8.59. The number of ether oxygens (including phenoxy) is 1. The quantitative estimate of drug-likeness (QED) is 0.784. The molecule has 1 aliphatic rings. The van der Waals surface area contributed by atoms with E-state index in [0.717, 1.165) is 25.1 Å². The molecule has 26 heavy (non-hydrogen) atoms. The molecule has 6 nitrogen and oxygen atoms in total. The van der Waals surface area contributed by atoms with Crippen LogP contribution in [0.4, 0.5) is 10.2 Å². The summed E-state index contributed by atoms with van der Waals surface area (Å²) in [7, 11) is 1.77. The lowest BCUT2D eigenvalue weighted by Crippen LogP contribution is -2.16. The van der Waals surface area contributed by atoms with E-state index in [0.29, 0.717) is 17.8 Å². The van der Waals surface area contributed by atoms with Crippen LogP contribution < -0.4 is 5.32 Å². The summed E-state index contributed by atoms with van der Waals surface area (Å²) < 4.78 is 21.3. The summed E-state index contributed by atoms with van der Waals surface area (Å²) in [4.78, 5) is 16.6. The van der Waals surface area contributed by atoms with Crippen molar-refractivity contribution in [1.82, 2.24) is 14.8 Å². The molecule has 3 aromatic rings. The molecular formula is C19H19FN4O2. The van der Waals surface area contributed by atoms with Crippen LogP contribution in [0.15, 0.2) is 36.5 Å². The van der Waals surface area contributed by atoms with Crippen molar-refractivity contribution in [3.63, 3.8) is 0 Å². The summed E-state index contributed by atoms with van der Waals surface area (Å²) in [6.07, 6.45) is 3.55. The number of benzene rings is 1. The Hall–Kier alpha value is -2.80. The van der Waals surface area contributed by atoms with E-state index in [9.17, 15) is 9.18 Å². The normalized spacial score (nSPS) is 17.4. The largest absolute Gasteiger partial charge is 0.381 e. The molecule has 0 radical (unpaired) electrons. The van der Waals surface area contributed by atoms with E-state index in [4.69, 9.17) is 4.74 Å². The van der Waals surface area contributed by atoms with Crippen molar-refractivity contribution in [3.05, 3.63) is 53.6 Å². The Labute approximate surface area is 150 Å². The van der Waals surface area contributed by atoms with E-state index in [1.54, 1.807) is 29.9 Å². The van der Waals surface area contributed by atoms with E-state index in [1.165, 1.54) is 12.3 Å². The second-order valence-corrected chi connectivity index (χ2v) is 6.48. The first-order valence-corrected chi connectivity index (χ1v) is 8.59. The van der Waals surface area contributed by atoms with Crippen LogP contribution in [-0.2, 0) is 11.8 Å². The third-order valence-corrected chi connectivity index (χ3v) is 4.64. The van der Waals surface area contributed by atoms with Gasteiger partial charge in [0.2, 0.25) is 0 Å². The third-order valence-electron chi connectivity index (χ3n) is 4.64. The standard InChI is InChI=1S/C19H19FN4O2/c1-24-17(10-16(23-24)13-5-3-7-26-11-13)22-19(25)14-8-12-4-2-6-21-18(12)15(20)9-14/h2,4,6,8-10,13H,3,5,7,11H2,1H3,(H,22,25). The molecule has 7 heteroatoms. The molecule has 2 aromatic heterocycles. The molecule has 1 unspecified atom stereocenters. The first kappa shape index (κ1) is 16.7. The van der Waals surface area contributed by atoms with Gasteiger partial charge in [0.1, 0.15) is 17.2 Å². The number of fused-ring (bicyclic) bond motifs is 1. The summed E-state index contributed by atoms with van der Waals surface area (Å²) in [5, 5.41) is 7.88. The Morgan fingerprint density at radius 3 is 3.08 bits per heavy atom. The molecule has 1 N–H and O–H groups in total. The van der Waals surface area contributed by atoms with Gasteiger partial charge >= 0.3 is 0 Å². The van der Waals surface area contributed by atoms with Gasteiger partial charge < -0.3 is 10.1 Å². The van der Waals surface area contributed by atoms with Crippen LogP contribution in [0.1, 0.15) is 34.8 Å². The predicted octanol–water partition coefficient (Wildman–Crippen LogP) is 3.25. The molecule has 0 aliphatic carbocycles. The monoisotopic (exact) mass is 354 g/mol. The zero-order valence-corrected chi connectivity index (χ0v) is 14.4. The maximum absolute atomic E-state index is 14.2. The molecule has 1 fully saturated rings. The van der Waals surface area contributed by atoms with E-state index in [1.807, 2.05) is 6.07 Å². The van der Waals surface area contributed by atoms with Crippen molar-refractivity contribution < 1.29 is 13.9 Å². The summed E-state index contributed by atoms with van der Waals surface area (Å²) in [5.74, 6) is -0.0885. The van der Waals surface area contributed by atoms with Gasteiger partial charge in [-0.2, -0.15) is 5.10 Å². The molecule has 0 spiro atoms. The van der Waals surface area contributed by atoms with E-state index in [2.05, 4.69) is 15.4 Å². The minimum atomic E-state index is -0.515. The predicted molar refractivity (Wildman–Crippen MR) is 95.7 cm³/mol. The van der Waals surface area contributed by atoms with Crippen molar-refractivity contribution >= 4 is 22.6 Å². The molecule has 4 rings (SSSR count). The number of hydrogen-bond donors (Lipinski definition) is 1. The van der Waals surface area contributed by atoms with Gasteiger partial charge in [-0.05, 0) is 31.0 Å². The summed E-state index contributed by atoms with van der Waals surface area (Å²) >= 11 is 0. The fourth-order valence-corrected chi connectivity index (χ4v) is 3.25. The minimum Gasteiger partial charge on any atom is -0.381 e. The van der Waals surface area contributed by atoms with Crippen LogP contribution in [0.3, 0.4) is 0 Å². The topological polar surface area (TPSA) is 69.0 Å². The fraction of sp³-hybridized carbons (Fsp3) is 0.316. The molecule has 1 aliphatic heterocycles. The Balaban J connectivity index is 1.57. The van der Waals surface area contributed by atoms with Crippen molar-refractivity contribution in [2.24, 2.45) is 7.05 Å². The van der Waals surface area contributed by atoms with Gasteiger partial charge in [-0.1, -0.05) is 6.07 Å². The number of rotatable bonds is 3. The number of amides is 1. The number of hydrogen-bond acceptors (Lipinski definition) is 4. The highest BCUT2D eigenvalue weighted by Gasteiger charge is 2.21. The van der Waals surface area contributed by atoms with Crippen LogP contribution in [0.25, 0.3) is 10.9 Å². The van der Waals surface area contributed by atoms with Gasteiger partial charge in [0.05, 0.1) is 12.3 Å². The molecule has 0 saturated carbocycles. The lowest BCUT2D eigenvalue weighted by molar-refractivity contribution is 0.0791. The first-order chi connectivity index (χ1) is 12.6. The zero-order chi connectivity index (χ0) is 18.1. The fourth-order valence-electron chi connectivity index (χ4n) is 3.25. The van der Waals surface area contributed by atoms with Gasteiger partial charge in [-0.3, -0.25) is 14.5 Å². The smallest absolute Gasteiger partial charge is 0.256 e. The number of halogens is 1. The average Bonchev–Trinajstić information content (AvgIpc) is 3.03. The zero-order valence-electron chi connectivity index (χ0n) is 14.4. The Bertz CT molecular complexity index is 963. The van der Waals surface area contributed by atoms with Crippen LogP contribution >= 0.6 is 0 Å². The van der Waals surface area contributed by atoms with Gasteiger partial charge in [-0.25, -0.2) is 4.39 Å². The minimum absolute atomic E-state index is 0.241. The molecule has 3 heterocycles. The highest BCUT2D eigenvalue weighted by molar-refractivity contribution is 6.05. The highest BCUT2D eigenvalue weighted by atomic mass is 19.1. The molecule has 1 amide bonds. The van der Waals surface area contributed by atoms with Gasteiger partial charge in [-0.15, -0.1) is 0 Å². The number of nitrogens with zero attached hydrogens (tertiary/aromatic N) is 3. The van der Waals surface area contributed by atoms with Crippen molar-refractivity contribution in [2.45, 2.75) is 18.8 Å². The Morgan fingerprint density at radius 2 is 2.27 bits per heavy atom.